The summed E-state index contributed by atoms with van der Waals surface area (Å²) in [5.74, 6) is 1.98. The number of rotatable bonds is 2. The van der Waals surface area contributed by atoms with Gasteiger partial charge in [-0.3, -0.25) is 0 Å². The zero-order chi connectivity index (χ0) is 9.68. The number of carbonyl (C=O) groups is 1. The highest BCUT2D eigenvalue weighted by molar-refractivity contribution is 7.99. The van der Waals surface area contributed by atoms with Gasteiger partial charge in [0.1, 0.15) is 0 Å². The second-order valence-electron chi connectivity index (χ2n) is 3.00. The summed E-state index contributed by atoms with van der Waals surface area (Å²) >= 11 is 1.96. The Morgan fingerprint density at radius 1 is 1.69 bits per heavy atom. The van der Waals surface area contributed by atoms with Crippen LogP contribution in [0.15, 0.2) is 12.3 Å². The summed E-state index contributed by atoms with van der Waals surface area (Å²) in [5, 5.41) is 0. The predicted octanol–water partition coefficient (Wildman–Crippen LogP) is 1.11. The van der Waals surface area contributed by atoms with Gasteiger partial charge >= 0.3 is 5.97 Å². The van der Waals surface area contributed by atoms with Gasteiger partial charge in [-0.25, -0.2) is 4.79 Å². The van der Waals surface area contributed by atoms with Crippen molar-refractivity contribution < 1.29 is 9.53 Å². The van der Waals surface area contributed by atoms with Crippen molar-refractivity contribution in [3.05, 3.63) is 12.3 Å². The number of nitrogens with zero attached hydrogens (tertiary/aromatic N) is 1. The number of ether oxygens (including phenoxy) is 1. The van der Waals surface area contributed by atoms with E-state index in [0.29, 0.717) is 6.04 Å². The first kappa shape index (κ1) is 10.4. The van der Waals surface area contributed by atoms with Gasteiger partial charge in [-0.1, -0.05) is 0 Å². The van der Waals surface area contributed by atoms with Gasteiger partial charge in [0.25, 0.3) is 0 Å². The molecule has 1 heterocycles. The average molecular weight is 201 g/mol. The summed E-state index contributed by atoms with van der Waals surface area (Å²) in [6.45, 7) is 3.17. The first-order valence-corrected chi connectivity index (χ1v) is 5.49. The monoisotopic (exact) mass is 201 g/mol. The average Bonchev–Trinajstić information content (AvgIpc) is 2.16. The molecule has 4 heteroatoms. The molecule has 0 spiro atoms. The molecule has 1 rings (SSSR count). The maximum absolute atomic E-state index is 10.8. The molecular weight excluding hydrogens is 186 g/mol. The molecule has 0 saturated carbocycles. The standard InChI is InChI=1S/C9H15NO2S/c1-8-7-13-6-5-10(8)4-3-9(11)12-2/h3-4,8H,5-7H2,1-2H3/b4-3+. The zero-order valence-electron chi connectivity index (χ0n) is 8.03. The Balaban J connectivity index is 2.41. The molecule has 1 atom stereocenters. The molecule has 0 radical (unpaired) electrons. The van der Waals surface area contributed by atoms with Gasteiger partial charge in [-0.15, -0.1) is 0 Å². The maximum Gasteiger partial charge on any atom is 0.331 e. The number of methoxy groups -OCH3 is 1. The van der Waals surface area contributed by atoms with Crippen molar-refractivity contribution in [2.45, 2.75) is 13.0 Å². The fraction of sp³-hybridized carbons (Fsp3) is 0.667. The Kier molecular flexibility index (Phi) is 4.15. The topological polar surface area (TPSA) is 29.5 Å². The predicted molar refractivity (Wildman–Crippen MR) is 54.6 cm³/mol. The zero-order valence-corrected chi connectivity index (χ0v) is 8.84. The van der Waals surface area contributed by atoms with Crippen molar-refractivity contribution in [2.24, 2.45) is 0 Å². The molecule has 13 heavy (non-hydrogen) atoms. The molecule has 3 nitrogen and oxygen atoms in total. The van der Waals surface area contributed by atoms with Crippen LogP contribution in [0, 0.1) is 0 Å². The van der Waals surface area contributed by atoms with Gasteiger partial charge in [0, 0.05) is 36.4 Å². The summed E-state index contributed by atoms with van der Waals surface area (Å²) in [7, 11) is 1.39. The fourth-order valence-corrected chi connectivity index (χ4v) is 2.23. The minimum atomic E-state index is -0.287. The molecule has 74 valence electrons. The van der Waals surface area contributed by atoms with E-state index in [1.807, 2.05) is 18.0 Å². The van der Waals surface area contributed by atoms with Crippen molar-refractivity contribution in [3.8, 4) is 0 Å². The van der Waals surface area contributed by atoms with Crippen LogP contribution in [0.25, 0.3) is 0 Å². The lowest BCUT2D eigenvalue weighted by molar-refractivity contribution is -0.134. The molecule has 0 aliphatic carbocycles. The van der Waals surface area contributed by atoms with E-state index < -0.39 is 0 Å². The van der Waals surface area contributed by atoms with E-state index >= 15 is 0 Å². The molecular formula is C9H15NO2S. The van der Waals surface area contributed by atoms with E-state index in [4.69, 9.17) is 0 Å². The lowest BCUT2D eigenvalue weighted by Gasteiger charge is -2.31. The maximum atomic E-state index is 10.8. The highest BCUT2D eigenvalue weighted by Crippen LogP contribution is 2.15. The Morgan fingerprint density at radius 2 is 2.46 bits per heavy atom. The van der Waals surface area contributed by atoms with Crippen molar-refractivity contribution in [1.82, 2.24) is 4.90 Å². The first-order valence-electron chi connectivity index (χ1n) is 4.33. The molecule has 0 amide bonds. The summed E-state index contributed by atoms with van der Waals surface area (Å²) in [5.41, 5.74) is 0. The van der Waals surface area contributed by atoms with Crippen LogP contribution in [0.1, 0.15) is 6.92 Å². The number of thioether (sulfide) groups is 1. The van der Waals surface area contributed by atoms with Crippen LogP contribution in [0.3, 0.4) is 0 Å². The van der Waals surface area contributed by atoms with Crippen molar-refractivity contribution in [3.63, 3.8) is 0 Å². The Bertz CT molecular complexity index is 206. The quantitative estimate of drug-likeness (QED) is 0.494. The number of carbonyl (C=O) groups excluding carboxylic acids is 1. The van der Waals surface area contributed by atoms with Crippen LogP contribution in [-0.2, 0) is 9.53 Å². The van der Waals surface area contributed by atoms with Gasteiger partial charge < -0.3 is 9.64 Å². The fourth-order valence-electron chi connectivity index (χ4n) is 1.19. The molecule has 0 N–H and O–H groups in total. The van der Waals surface area contributed by atoms with Crippen LogP contribution in [-0.4, -0.2) is 42.1 Å². The molecule has 1 fully saturated rings. The molecule has 0 aromatic heterocycles. The van der Waals surface area contributed by atoms with Crippen LogP contribution in [0.2, 0.25) is 0 Å². The van der Waals surface area contributed by atoms with Gasteiger partial charge in [0.05, 0.1) is 7.11 Å². The smallest absolute Gasteiger partial charge is 0.331 e. The van der Waals surface area contributed by atoms with Crippen LogP contribution >= 0.6 is 11.8 Å². The third kappa shape index (κ3) is 3.30. The van der Waals surface area contributed by atoms with Crippen molar-refractivity contribution in [2.75, 3.05) is 25.2 Å². The van der Waals surface area contributed by atoms with Crippen molar-refractivity contribution in [1.29, 1.82) is 0 Å². The lowest BCUT2D eigenvalue weighted by Crippen LogP contribution is -2.36. The SMILES string of the molecule is COC(=O)/C=C/N1CCSCC1C. The Morgan fingerprint density at radius 3 is 3.08 bits per heavy atom. The van der Waals surface area contributed by atoms with Gasteiger partial charge in [-0.05, 0) is 6.92 Å². The number of hydrogen-bond acceptors (Lipinski definition) is 4. The lowest BCUT2D eigenvalue weighted by atomic mass is 10.3. The number of hydrogen-bond donors (Lipinski definition) is 0. The number of esters is 1. The largest absolute Gasteiger partial charge is 0.466 e. The highest BCUT2D eigenvalue weighted by atomic mass is 32.2. The molecule has 0 aromatic rings. The Labute approximate surface area is 83.1 Å². The van der Waals surface area contributed by atoms with Crippen molar-refractivity contribution >= 4 is 17.7 Å². The molecule has 0 bridgehead atoms. The summed E-state index contributed by atoms with van der Waals surface area (Å²) in [4.78, 5) is 13.0. The minimum absolute atomic E-state index is 0.287. The van der Waals surface area contributed by atoms with Gasteiger partial charge in [-0.2, -0.15) is 11.8 Å². The van der Waals surface area contributed by atoms with E-state index in [9.17, 15) is 4.79 Å². The second kappa shape index (κ2) is 5.17. The van der Waals surface area contributed by atoms with E-state index in [1.165, 1.54) is 13.2 Å². The molecule has 1 aliphatic heterocycles. The summed E-state index contributed by atoms with van der Waals surface area (Å²) < 4.78 is 4.52. The van der Waals surface area contributed by atoms with E-state index in [1.54, 1.807) is 0 Å². The molecule has 1 aliphatic rings. The Hall–Kier alpha value is -0.640. The van der Waals surface area contributed by atoms with E-state index in [2.05, 4.69) is 16.6 Å². The van der Waals surface area contributed by atoms with Crippen LogP contribution in [0.4, 0.5) is 0 Å². The van der Waals surface area contributed by atoms with Crippen LogP contribution in [0.5, 0.6) is 0 Å². The third-order valence-corrected chi connectivity index (χ3v) is 3.21. The summed E-state index contributed by atoms with van der Waals surface area (Å²) in [6, 6.07) is 0.514. The van der Waals surface area contributed by atoms with E-state index in [0.717, 1.165) is 18.1 Å². The molecule has 1 saturated heterocycles. The molecule has 1 unspecified atom stereocenters. The first-order chi connectivity index (χ1) is 6.24. The normalized spacial score (nSPS) is 23.5. The molecule has 0 aromatic carbocycles. The van der Waals surface area contributed by atoms with Gasteiger partial charge in [0.2, 0.25) is 0 Å². The highest BCUT2D eigenvalue weighted by Gasteiger charge is 2.14. The second-order valence-corrected chi connectivity index (χ2v) is 4.15. The van der Waals surface area contributed by atoms with Gasteiger partial charge in [0.15, 0.2) is 0 Å². The summed E-state index contributed by atoms with van der Waals surface area (Å²) in [6.07, 6.45) is 3.31. The van der Waals surface area contributed by atoms with Crippen LogP contribution < -0.4 is 0 Å². The minimum Gasteiger partial charge on any atom is -0.466 e. The van der Waals surface area contributed by atoms with E-state index in [-0.39, 0.29) is 5.97 Å². The third-order valence-electron chi connectivity index (χ3n) is 2.02.